The standard InChI is InChI=1S/C20H20N2O5S/c1-2-3-11-27-15-9-5-4-8-14(15)22-17(23)12-16(19(22)24)28-18-13(20(25)26)7-6-10-21-18/h4-10,16H,2-3,11-12H2,1H3,(H,25,26)/p-1/t16-/m1/s1. The van der Waals surface area contributed by atoms with E-state index in [1.165, 1.54) is 18.3 Å². The van der Waals surface area contributed by atoms with Crippen LogP contribution in [-0.4, -0.2) is 34.6 Å². The highest BCUT2D eigenvalue weighted by atomic mass is 32.2. The highest BCUT2D eigenvalue weighted by molar-refractivity contribution is 8.00. The average molecular weight is 399 g/mol. The van der Waals surface area contributed by atoms with Crippen molar-refractivity contribution in [3.8, 4) is 5.75 Å². The van der Waals surface area contributed by atoms with Gasteiger partial charge in [-0.2, -0.15) is 0 Å². The van der Waals surface area contributed by atoms with Crippen molar-refractivity contribution in [2.45, 2.75) is 36.5 Å². The fourth-order valence-corrected chi connectivity index (χ4v) is 3.92. The molecule has 3 rings (SSSR count). The Labute approximate surface area is 166 Å². The zero-order valence-electron chi connectivity index (χ0n) is 15.3. The zero-order chi connectivity index (χ0) is 20.1. The van der Waals surface area contributed by atoms with Gasteiger partial charge in [0.15, 0.2) is 0 Å². The van der Waals surface area contributed by atoms with Crippen LogP contribution in [0.1, 0.15) is 36.5 Å². The van der Waals surface area contributed by atoms with E-state index in [0.29, 0.717) is 18.0 Å². The van der Waals surface area contributed by atoms with Gasteiger partial charge in [-0.25, -0.2) is 9.88 Å². The summed E-state index contributed by atoms with van der Waals surface area (Å²) in [6.07, 6.45) is 3.22. The summed E-state index contributed by atoms with van der Waals surface area (Å²) in [5.41, 5.74) is 0.298. The van der Waals surface area contributed by atoms with E-state index in [2.05, 4.69) is 4.98 Å². The lowest BCUT2D eigenvalue weighted by Crippen LogP contribution is -2.31. The number of carbonyl (C=O) groups is 3. The minimum Gasteiger partial charge on any atom is -0.545 e. The molecule has 146 valence electrons. The first-order valence-corrected chi connectivity index (χ1v) is 9.82. The molecule has 1 aromatic heterocycles. The number of thioether (sulfide) groups is 1. The Morgan fingerprint density at radius 3 is 2.82 bits per heavy atom. The number of aromatic carboxylic acids is 1. The highest BCUT2D eigenvalue weighted by Gasteiger charge is 2.41. The Balaban J connectivity index is 1.83. The van der Waals surface area contributed by atoms with E-state index in [1.54, 1.807) is 24.3 Å². The minimum atomic E-state index is -1.38. The quantitative estimate of drug-likeness (QED) is 0.495. The van der Waals surface area contributed by atoms with Crippen molar-refractivity contribution in [3.63, 3.8) is 0 Å². The van der Waals surface area contributed by atoms with Gasteiger partial charge in [-0.15, -0.1) is 0 Å². The second kappa shape index (κ2) is 8.88. The molecule has 0 N–H and O–H groups in total. The number of carbonyl (C=O) groups excluding carboxylic acids is 3. The van der Waals surface area contributed by atoms with Crippen LogP contribution in [-0.2, 0) is 9.59 Å². The van der Waals surface area contributed by atoms with Gasteiger partial charge in [-0.1, -0.05) is 37.2 Å². The van der Waals surface area contributed by atoms with Crippen molar-refractivity contribution in [1.29, 1.82) is 0 Å². The van der Waals surface area contributed by atoms with Crippen LogP contribution in [0.25, 0.3) is 0 Å². The van der Waals surface area contributed by atoms with Gasteiger partial charge in [-0.3, -0.25) is 9.59 Å². The number of hydrogen-bond donors (Lipinski definition) is 0. The zero-order valence-corrected chi connectivity index (χ0v) is 16.1. The van der Waals surface area contributed by atoms with Crippen LogP contribution in [0.5, 0.6) is 5.75 Å². The average Bonchev–Trinajstić information content (AvgIpc) is 2.96. The van der Waals surface area contributed by atoms with Crippen molar-refractivity contribution in [1.82, 2.24) is 4.98 Å². The molecule has 0 spiro atoms. The predicted octanol–water partition coefficient (Wildman–Crippen LogP) is 2.05. The number of amides is 2. The number of anilines is 1. The molecule has 1 aliphatic rings. The van der Waals surface area contributed by atoms with E-state index in [-0.39, 0.29) is 22.9 Å². The van der Waals surface area contributed by atoms with Crippen LogP contribution in [0.15, 0.2) is 47.6 Å². The number of carboxylic acids is 1. The number of aromatic nitrogens is 1. The van der Waals surface area contributed by atoms with Gasteiger partial charge in [-0.05, 0) is 30.7 Å². The molecule has 2 aromatic rings. The Hall–Kier alpha value is -2.87. The number of ether oxygens (including phenoxy) is 1. The van der Waals surface area contributed by atoms with Gasteiger partial charge >= 0.3 is 0 Å². The Morgan fingerprint density at radius 2 is 2.07 bits per heavy atom. The summed E-state index contributed by atoms with van der Waals surface area (Å²) in [6.45, 7) is 2.54. The lowest BCUT2D eigenvalue weighted by Gasteiger charge is -2.19. The van der Waals surface area contributed by atoms with Gasteiger partial charge in [0.25, 0.3) is 0 Å². The van der Waals surface area contributed by atoms with E-state index in [9.17, 15) is 19.5 Å². The van der Waals surface area contributed by atoms with Crippen LogP contribution < -0.4 is 14.7 Å². The van der Waals surface area contributed by atoms with Crippen molar-refractivity contribution in [2.75, 3.05) is 11.5 Å². The van der Waals surface area contributed by atoms with Crippen LogP contribution in [0.4, 0.5) is 5.69 Å². The maximum Gasteiger partial charge on any atom is 0.247 e. The number of pyridine rings is 1. The molecule has 8 heteroatoms. The molecular weight excluding hydrogens is 380 g/mol. The van der Waals surface area contributed by atoms with Gasteiger partial charge in [0.1, 0.15) is 10.8 Å². The summed E-state index contributed by atoms with van der Waals surface area (Å²) in [7, 11) is 0. The maximum atomic E-state index is 12.9. The van der Waals surface area contributed by atoms with Crippen molar-refractivity contribution < 1.29 is 24.2 Å². The number of unbranched alkanes of at least 4 members (excludes halogenated alkanes) is 1. The summed E-state index contributed by atoms with van der Waals surface area (Å²) in [4.78, 5) is 41.9. The summed E-state index contributed by atoms with van der Waals surface area (Å²) in [5, 5.41) is 10.6. The lowest BCUT2D eigenvalue weighted by atomic mass is 10.2. The first kappa shape index (κ1) is 19.9. The molecule has 0 radical (unpaired) electrons. The number of imide groups is 1. The van der Waals surface area contributed by atoms with Crippen molar-refractivity contribution in [3.05, 3.63) is 48.2 Å². The maximum absolute atomic E-state index is 12.9. The second-order valence-electron chi connectivity index (χ2n) is 6.19. The predicted molar refractivity (Wildman–Crippen MR) is 102 cm³/mol. The molecule has 2 heterocycles. The summed E-state index contributed by atoms with van der Waals surface area (Å²) in [5.74, 6) is -1.69. The Bertz CT molecular complexity index is 902. The van der Waals surface area contributed by atoms with Crippen LogP contribution in [0, 0.1) is 0 Å². The van der Waals surface area contributed by atoms with E-state index in [0.717, 1.165) is 29.5 Å². The number of para-hydroxylation sites is 2. The molecule has 1 aliphatic heterocycles. The summed E-state index contributed by atoms with van der Waals surface area (Å²) < 4.78 is 5.74. The summed E-state index contributed by atoms with van der Waals surface area (Å²) >= 11 is 0.959. The Morgan fingerprint density at radius 1 is 1.29 bits per heavy atom. The van der Waals surface area contributed by atoms with Crippen molar-refractivity contribution >= 4 is 35.2 Å². The molecule has 1 saturated heterocycles. The lowest BCUT2D eigenvalue weighted by molar-refractivity contribution is -0.255. The smallest absolute Gasteiger partial charge is 0.247 e. The summed E-state index contributed by atoms with van der Waals surface area (Å²) in [6, 6.07) is 9.74. The molecule has 1 atom stereocenters. The molecular formula is C20H19N2O5S-. The molecule has 28 heavy (non-hydrogen) atoms. The third-order valence-electron chi connectivity index (χ3n) is 4.21. The van der Waals surface area contributed by atoms with E-state index in [4.69, 9.17) is 4.74 Å². The van der Waals surface area contributed by atoms with E-state index >= 15 is 0 Å². The SMILES string of the molecule is CCCCOc1ccccc1N1C(=O)C[C@@H](Sc2ncccc2C(=O)[O-])C1=O. The molecule has 0 bridgehead atoms. The molecule has 7 nitrogen and oxygen atoms in total. The first-order chi connectivity index (χ1) is 13.5. The van der Waals surface area contributed by atoms with Crippen molar-refractivity contribution in [2.24, 2.45) is 0 Å². The van der Waals surface area contributed by atoms with Crippen LogP contribution >= 0.6 is 11.8 Å². The Kier molecular flexibility index (Phi) is 6.30. The number of hydrogen-bond acceptors (Lipinski definition) is 7. The molecule has 0 aliphatic carbocycles. The number of carboxylic acid groups (broad SMARTS) is 1. The fourth-order valence-electron chi connectivity index (χ4n) is 2.81. The first-order valence-electron chi connectivity index (χ1n) is 8.94. The molecule has 0 unspecified atom stereocenters. The third-order valence-corrected chi connectivity index (χ3v) is 5.41. The molecule has 1 aromatic carbocycles. The van der Waals surface area contributed by atoms with Crippen LogP contribution in [0.3, 0.4) is 0 Å². The van der Waals surface area contributed by atoms with Crippen LogP contribution in [0.2, 0.25) is 0 Å². The topological polar surface area (TPSA) is 99.6 Å². The fraction of sp³-hybridized carbons (Fsp3) is 0.300. The molecule has 2 amide bonds. The monoisotopic (exact) mass is 399 g/mol. The second-order valence-corrected chi connectivity index (χ2v) is 7.38. The minimum absolute atomic E-state index is 0.0458. The van der Waals surface area contributed by atoms with Gasteiger partial charge in [0.05, 0.1) is 23.5 Å². The number of nitrogens with zero attached hydrogens (tertiary/aromatic N) is 2. The number of rotatable bonds is 8. The van der Waals surface area contributed by atoms with Gasteiger partial charge in [0, 0.05) is 18.2 Å². The normalized spacial score (nSPS) is 16.5. The molecule has 0 saturated carbocycles. The highest BCUT2D eigenvalue weighted by Crippen LogP contribution is 2.37. The largest absolute Gasteiger partial charge is 0.545 e. The number of benzene rings is 1. The third kappa shape index (κ3) is 4.17. The van der Waals surface area contributed by atoms with Gasteiger partial charge < -0.3 is 14.6 Å². The van der Waals surface area contributed by atoms with E-state index < -0.39 is 17.1 Å². The van der Waals surface area contributed by atoms with E-state index in [1.807, 2.05) is 6.92 Å². The molecule has 1 fully saturated rings. The van der Waals surface area contributed by atoms with Gasteiger partial charge in [0.2, 0.25) is 11.8 Å².